The molecule has 27 heavy (non-hydrogen) atoms. The minimum absolute atomic E-state index is 0.705. The first-order valence-corrected chi connectivity index (χ1v) is 11.2. The lowest BCUT2D eigenvalue weighted by Gasteiger charge is -2.48. The monoisotopic (exact) mass is 384 g/mol. The molecule has 1 saturated carbocycles. The van der Waals surface area contributed by atoms with Crippen LogP contribution >= 0.6 is 11.3 Å². The van der Waals surface area contributed by atoms with Crippen LogP contribution in [0, 0.1) is 0 Å². The van der Waals surface area contributed by atoms with E-state index in [0.29, 0.717) is 6.04 Å². The Morgan fingerprint density at radius 1 is 1.00 bits per heavy atom. The van der Waals surface area contributed by atoms with Crippen molar-refractivity contribution in [3.05, 3.63) is 34.5 Å². The van der Waals surface area contributed by atoms with Gasteiger partial charge < -0.3 is 4.90 Å². The van der Waals surface area contributed by atoms with Crippen LogP contribution in [0.25, 0.3) is 0 Å². The molecular weight excluding hydrogens is 356 g/mol. The van der Waals surface area contributed by atoms with Crippen molar-refractivity contribution in [2.24, 2.45) is 0 Å². The summed E-state index contributed by atoms with van der Waals surface area (Å²) in [5.74, 6) is 1.62. The zero-order valence-corrected chi connectivity index (χ0v) is 16.7. The molecule has 0 N–H and O–H groups in total. The van der Waals surface area contributed by atoms with Gasteiger partial charge in [-0.3, -0.25) is 9.80 Å². The van der Waals surface area contributed by atoms with Crippen LogP contribution in [0.2, 0.25) is 0 Å². The van der Waals surface area contributed by atoms with Crippen molar-refractivity contribution in [2.75, 3.05) is 44.2 Å². The third kappa shape index (κ3) is 3.86. The Morgan fingerprint density at radius 3 is 2.48 bits per heavy atom. The summed E-state index contributed by atoms with van der Waals surface area (Å²) in [6.07, 6.45) is 9.12. The van der Waals surface area contributed by atoms with E-state index in [1.807, 2.05) is 29.8 Å². The van der Waals surface area contributed by atoms with Crippen LogP contribution < -0.4 is 4.90 Å². The van der Waals surface area contributed by atoms with E-state index in [1.54, 1.807) is 0 Å². The molecule has 144 valence electrons. The van der Waals surface area contributed by atoms with E-state index in [1.165, 1.54) is 49.5 Å². The number of rotatable bonds is 5. The Hall–Kier alpha value is -1.57. The number of aromatic nitrogens is 3. The number of nitrogens with zero attached hydrogens (tertiary/aromatic N) is 6. The van der Waals surface area contributed by atoms with E-state index in [-0.39, 0.29) is 0 Å². The number of hydrogen-bond donors (Lipinski definition) is 0. The molecule has 2 aromatic rings. The average Bonchev–Trinajstić information content (AvgIpc) is 3.37. The summed E-state index contributed by atoms with van der Waals surface area (Å²) in [6, 6.07) is 2.58. The normalized spacial score (nSPS) is 23.0. The van der Waals surface area contributed by atoms with Gasteiger partial charge in [0.2, 0.25) is 5.95 Å². The van der Waals surface area contributed by atoms with E-state index < -0.39 is 0 Å². The number of thiazole rings is 1. The predicted molar refractivity (Wildman–Crippen MR) is 108 cm³/mol. The molecule has 7 heteroatoms. The Morgan fingerprint density at radius 2 is 1.74 bits per heavy atom. The predicted octanol–water partition coefficient (Wildman–Crippen LogP) is 2.60. The van der Waals surface area contributed by atoms with E-state index >= 15 is 0 Å². The van der Waals surface area contributed by atoms with Gasteiger partial charge in [-0.15, -0.1) is 11.3 Å². The molecule has 3 fully saturated rings. The van der Waals surface area contributed by atoms with Gasteiger partial charge in [0, 0.05) is 75.5 Å². The lowest BCUT2D eigenvalue weighted by atomic mass is 10.1. The number of likely N-dealkylation sites (tertiary alicyclic amines) is 1. The lowest BCUT2D eigenvalue weighted by Crippen LogP contribution is -2.62. The van der Waals surface area contributed by atoms with Crippen LogP contribution in [0.4, 0.5) is 5.95 Å². The maximum Gasteiger partial charge on any atom is 0.225 e. The van der Waals surface area contributed by atoms with Gasteiger partial charge in [0.15, 0.2) is 0 Å². The van der Waals surface area contributed by atoms with Gasteiger partial charge in [0.25, 0.3) is 0 Å². The maximum atomic E-state index is 4.94. The van der Waals surface area contributed by atoms with Crippen LogP contribution in [0.15, 0.2) is 23.8 Å². The standard InChI is InChI=1S/C20H28N6S/c1-2-5-16(4-1)19-23-17(15-27-19)12-24-13-18(14-24)25-8-10-26(11-9-25)20-21-6-3-7-22-20/h3,6-7,15-16,18H,1-2,4-5,8-14H2. The van der Waals surface area contributed by atoms with Gasteiger partial charge in [0.05, 0.1) is 10.7 Å². The van der Waals surface area contributed by atoms with Gasteiger partial charge in [-0.1, -0.05) is 12.8 Å². The van der Waals surface area contributed by atoms with Crippen molar-refractivity contribution in [1.82, 2.24) is 24.8 Å². The molecular formula is C20H28N6S. The fraction of sp³-hybridized carbons (Fsp3) is 0.650. The van der Waals surface area contributed by atoms with Gasteiger partial charge in [0.1, 0.15) is 0 Å². The summed E-state index contributed by atoms with van der Waals surface area (Å²) in [5.41, 5.74) is 1.28. The second-order valence-corrected chi connectivity index (χ2v) is 8.97. The zero-order valence-electron chi connectivity index (χ0n) is 15.8. The molecule has 0 spiro atoms. The van der Waals surface area contributed by atoms with Gasteiger partial charge in [-0.2, -0.15) is 0 Å². The fourth-order valence-corrected chi connectivity index (χ4v) is 5.61. The minimum atomic E-state index is 0.705. The summed E-state index contributed by atoms with van der Waals surface area (Å²) in [5, 5.41) is 3.68. The SMILES string of the molecule is c1cnc(N2CCN(C3CN(Cc4csc(C5CCCC5)n4)C3)CC2)nc1. The van der Waals surface area contributed by atoms with Crippen LogP contribution in [0.3, 0.4) is 0 Å². The zero-order chi connectivity index (χ0) is 18.1. The first kappa shape index (κ1) is 17.5. The summed E-state index contributed by atoms with van der Waals surface area (Å²) in [4.78, 5) is 21.2. The number of piperazine rings is 1. The molecule has 4 heterocycles. The summed E-state index contributed by atoms with van der Waals surface area (Å²) >= 11 is 1.88. The average molecular weight is 385 g/mol. The molecule has 0 amide bonds. The highest BCUT2D eigenvalue weighted by molar-refractivity contribution is 7.09. The first-order chi connectivity index (χ1) is 13.3. The second kappa shape index (κ2) is 7.81. The van der Waals surface area contributed by atoms with Crippen molar-refractivity contribution in [1.29, 1.82) is 0 Å². The lowest BCUT2D eigenvalue weighted by molar-refractivity contribution is 0.0248. The third-order valence-corrected chi connectivity index (χ3v) is 7.32. The number of anilines is 1. The Balaban J connectivity index is 1.07. The Kier molecular flexibility index (Phi) is 5.07. The number of hydrogen-bond acceptors (Lipinski definition) is 7. The quantitative estimate of drug-likeness (QED) is 0.790. The van der Waals surface area contributed by atoms with Crippen molar-refractivity contribution in [3.8, 4) is 0 Å². The largest absolute Gasteiger partial charge is 0.338 e. The smallest absolute Gasteiger partial charge is 0.225 e. The molecule has 6 nitrogen and oxygen atoms in total. The highest BCUT2D eigenvalue weighted by Crippen LogP contribution is 2.35. The summed E-state index contributed by atoms with van der Waals surface area (Å²) < 4.78 is 0. The second-order valence-electron chi connectivity index (χ2n) is 8.08. The van der Waals surface area contributed by atoms with Crippen LogP contribution in [0.5, 0.6) is 0 Å². The molecule has 0 unspecified atom stereocenters. The van der Waals surface area contributed by atoms with Crippen molar-refractivity contribution >= 4 is 17.3 Å². The topological polar surface area (TPSA) is 48.4 Å². The molecule has 0 aromatic carbocycles. The first-order valence-electron chi connectivity index (χ1n) is 10.3. The molecule has 5 rings (SSSR count). The minimum Gasteiger partial charge on any atom is -0.338 e. The van der Waals surface area contributed by atoms with Crippen molar-refractivity contribution in [3.63, 3.8) is 0 Å². The van der Waals surface area contributed by atoms with Crippen molar-refractivity contribution < 1.29 is 0 Å². The Bertz CT molecular complexity index is 730. The molecule has 0 bridgehead atoms. The molecule has 2 aliphatic heterocycles. The molecule has 1 aliphatic carbocycles. The van der Waals surface area contributed by atoms with Gasteiger partial charge >= 0.3 is 0 Å². The van der Waals surface area contributed by atoms with Crippen molar-refractivity contribution in [2.45, 2.75) is 44.2 Å². The van der Waals surface area contributed by atoms with E-state index in [4.69, 9.17) is 4.98 Å². The maximum absolute atomic E-state index is 4.94. The van der Waals surface area contributed by atoms with Crippen LogP contribution in [0.1, 0.15) is 42.3 Å². The summed E-state index contributed by atoms with van der Waals surface area (Å²) in [7, 11) is 0. The highest BCUT2D eigenvalue weighted by atomic mass is 32.1. The van der Waals surface area contributed by atoms with Crippen LogP contribution in [-0.4, -0.2) is 70.1 Å². The highest BCUT2D eigenvalue weighted by Gasteiger charge is 2.34. The van der Waals surface area contributed by atoms with E-state index in [0.717, 1.165) is 44.6 Å². The van der Waals surface area contributed by atoms with E-state index in [9.17, 15) is 0 Å². The Labute approximate surface area is 165 Å². The molecule has 3 aliphatic rings. The molecule has 2 aromatic heterocycles. The molecule has 0 atom stereocenters. The summed E-state index contributed by atoms with van der Waals surface area (Å²) in [6.45, 7) is 7.65. The molecule has 2 saturated heterocycles. The van der Waals surface area contributed by atoms with Crippen LogP contribution in [-0.2, 0) is 6.54 Å². The van der Waals surface area contributed by atoms with Gasteiger partial charge in [-0.05, 0) is 18.9 Å². The van der Waals surface area contributed by atoms with E-state index in [2.05, 4.69) is 30.0 Å². The third-order valence-electron chi connectivity index (χ3n) is 6.26. The van der Waals surface area contributed by atoms with Gasteiger partial charge in [-0.25, -0.2) is 15.0 Å². The fourth-order valence-electron chi connectivity index (χ4n) is 4.63. The molecule has 0 radical (unpaired) electrons.